The Morgan fingerprint density at radius 3 is 1.26 bits per heavy atom. The number of aromatic hydroxyl groups is 2. The molecule has 4 aliphatic heterocycles. The number of thioether (sulfide) groups is 4. The lowest BCUT2D eigenvalue weighted by Gasteiger charge is -2.27. The lowest BCUT2D eigenvalue weighted by atomic mass is 10.0. The second-order valence-corrected chi connectivity index (χ2v) is 23.1. The Morgan fingerprint density at radius 2 is 0.861 bits per heavy atom. The van der Waals surface area contributed by atoms with Crippen molar-refractivity contribution in [1.29, 1.82) is 0 Å². The van der Waals surface area contributed by atoms with Crippen molar-refractivity contribution in [3.05, 3.63) is 31.8 Å². The maximum absolute atomic E-state index is 13.8. The van der Waals surface area contributed by atoms with Crippen LogP contribution in [0.5, 0.6) is 34.5 Å². The van der Waals surface area contributed by atoms with Gasteiger partial charge in [0.2, 0.25) is 0 Å². The van der Waals surface area contributed by atoms with E-state index >= 15 is 0 Å². The normalized spacial score (nSPS) is 16.2. The summed E-state index contributed by atoms with van der Waals surface area (Å²) in [4.78, 5) is 56.4. The maximum atomic E-state index is 13.8. The SMILES string of the molecule is CCCCC(CC)COc1cc(OC)c(OCC(CC)CCCC)c2c1SC(=C1C(=O)N(CCCC)N(CCCC)C1=O)S2.CCCCN1C(=O)C(=C2Sc3c(O)cc(OC)c(O)c3S2)C(=O)N1CCCC. The third kappa shape index (κ3) is 13.8. The van der Waals surface area contributed by atoms with Crippen LogP contribution < -0.4 is 18.9 Å². The number of rotatable bonds is 28. The van der Waals surface area contributed by atoms with Crippen LogP contribution in [0, 0.1) is 11.8 Å². The van der Waals surface area contributed by atoms with Crippen molar-refractivity contribution >= 4 is 70.7 Å². The van der Waals surface area contributed by atoms with Gasteiger partial charge in [-0.1, -0.05) is 167 Å². The van der Waals surface area contributed by atoms with Crippen LogP contribution in [-0.4, -0.2) is 107 Å². The lowest BCUT2D eigenvalue weighted by Crippen LogP contribution is -2.42. The van der Waals surface area contributed by atoms with Gasteiger partial charge in [0.25, 0.3) is 23.6 Å². The van der Waals surface area contributed by atoms with Gasteiger partial charge >= 0.3 is 0 Å². The van der Waals surface area contributed by atoms with Gasteiger partial charge in [-0.15, -0.1) is 0 Å². The number of ether oxygens (including phenoxy) is 4. The minimum absolute atomic E-state index is 0.0543. The highest BCUT2D eigenvalue weighted by Gasteiger charge is 2.46. The fourth-order valence-electron chi connectivity index (χ4n) is 8.53. The molecular weight excluding hydrogens is 993 g/mol. The molecule has 0 spiro atoms. The van der Waals surface area contributed by atoms with Gasteiger partial charge in [-0.3, -0.25) is 19.2 Å². The van der Waals surface area contributed by atoms with E-state index < -0.39 is 0 Å². The molecule has 2 atom stereocenters. The summed E-state index contributed by atoms with van der Waals surface area (Å²) < 4.78 is 25.2. The van der Waals surface area contributed by atoms with Crippen LogP contribution in [0.15, 0.2) is 51.3 Å². The van der Waals surface area contributed by atoms with E-state index in [0.717, 1.165) is 123 Å². The van der Waals surface area contributed by atoms with Crippen LogP contribution >= 0.6 is 47.0 Å². The Labute approximate surface area is 446 Å². The average Bonchev–Trinajstić information content (AvgIpc) is 4.14. The number of amides is 4. The fourth-order valence-corrected chi connectivity index (χ4v) is 13.8. The van der Waals surface area contributed by atoms with E-state index in [1.165, 1.54) is 66.0 Å². The van der Waals surface area contributed by atoms with Gasteiger partial charge in [-0.05, 0) is 50.4 Å². The molecule has 2 aromatic rings. The molecule has 4 amide bonds. The van der Waals surface area contributed by atoms with Gasteiger partial charge in [-0.25, -0.2) is 20.0 Å². The Morgan fingerprint density at radius 1 is 0.472 bits per heavy atom. The number of carbonyl (C=O) groups is 4. The standard InChI is InChI=1S/C35H56N2O5S2.C19H24N2O5S2/c1-8-14-18-25(12-5)23-41-28-22-27(40-7)30(42-24-26(13-6)19-15-9-2)32-31(28)43-35(44-32)29-33(38)36(20-16-10-3)37(34(29)39)21-17-11-4;1-4-6-8-20-17(24)13(18(25)21(20)9-7-5-2)19-27-15-11(22)10-12(26-3)14(23)16(15)28-19/h22,25-26H,8-21,23-24H2,1-7H3;10,22-23H,4-9H2,1-3H3. The van der Waals surface area contributed by atoms with E-state index in [0.29, 0.717) is 81.0 Å². The summed E-state index contributed by atoms with van der Waals surface area (Å²) in [7, 11) is 3.06. The highest BCUT2D eigenvalue weighted by Crippen LogP contribution is 2.63. The Balaban J connectivity index is 0.000000294. The number of methoxy groups -OCH3 is 2. The smallest absolute Gasteiger partial charge is 0.279 e. The first-order valence-electron chi connectivity index (χ1n) is 26.4. The fraction of sp³-hybridized carbons (Fsp3) is 0.630. The van der Waals surface area contributed by atoms with Crippen molar-refractivity contribution in [2.45, 2.75) is 178 Å². The van der Waals surface area contributed by atoms with Crippen molar-refractivity contribution in [3.8, 4) is 34.5 Å². The van der Waals surface area contributed by atoms with Gasteiger partial charge in [0.15, 0.2) is 23.0 Å². The van der Waals surface area contributed by atoms with Crippen LogP contribution in [0.4, 0.5) is 0 Å². The van der Waals surface area contributed by atoms with Gasteiger partial charge < -0.3 is 29.2 Å². The number of unbranched alkanes of at least 4 members (excludes halogenated alkanes) is 6. The van der Waals surface area contributed by atoms with Crippen molar-refractivity contribution in [2.24, 2.45) is 11.8 Å². The molecule has 4 heterocycles. The monoisotopic (exact) mass is 1070 g/mol. The van der Waals surface area contributed by atoms with E-state index in [9.17, 15) is 29.4 Å². The van der Waals surface area contributed by atoms with Gasteiger partial charge in [0.05, 0.1) is 55.5 Å². The Kier molecular flexibility index (Phi) is 23.9. The largest absolute Gasteiger partial charge is 0.507 e. The molecular formula is C54H80N4O10S4. The molecule has 6 rings (SSSR count). The molecule has 0 aromatic heterocycles. The number of nitrogens with zero attached hydrogens (tertiary/aromatic N) is 4. The highest BCUT2D eigenvalue weighted by atomic mass is 32.2. The highest BCUT2D eigenvalue weighted by molar-refractivity contribution is 8.25. The third-order valence-electron chi connectivity index (χ3n) is 13.2. The molecule has 18 heteroatoms. The number of fused-ring (bicyclic) bond motifs is 2. The summed E-state index contributed by atoms with van der Waals surface area (Å²) in [6.45, 7) is 20.4. The first-order chi connectivity index (χ1) is 34.8. The predicted octanol–water partition coefficient (Wildman–Crippen LogP) is 13.2. The molecule has 0 aliphatic carbocycles. The average molecular weight is 1070 g/mol. The van der Waals surface area contributed by atoms with Crippen LogP contribution in [-0.2, 0) is 19.2 Å². The van der Waals surface area contributed by atoms with Crippen LogP contribution in [0.1, 0.15) is 158 Å². The minimum Gasteiger partial charge on any atom is -0.507 e. The summed E-state index contributed by atoms with van der Waals surface area (Å²) in [6.07, 6.45) is 16.1. The van der Waals surface area contributed by atoms with Crippen LogP contribution in [0.2, 0.25) is 0 Å². The molecule has 400 valence electrons. The number of phenols is 2. The maximum Gasteiger partial charge on any atom is 0.279 e. The molecule has 2 aromatic carbocycles. The molecule has 2 N–H and O–H groups in total. The summed E-state index contributed by atoms with van der Waals surface area (Å²) in [5.74, 6) is 1.91. The predicted molar refractivity (Wildman–Crippen MR) is 291 cm³/mol. The zero-order valence-corrected chi connectivity index (χ0v) is 47.7. The first-order valence-corrected chi connectivity index (χ1v) is 29.7. The Bertz CT molecular complexity index is 2220. The topological polar surface area (TPSA) is 159 Å². The van der Waals surface area contributed by atoms with E-state index in [2.05, 4.69) is 41.5 Å². The summed E-state index contributed by atoms with van der Waals surface area (Å²) in [5, 5.41) is 27.0. The van der Waals surface area contributed by atoms with Gasteiger partial charge in [0, 0.05) is 38.3 Å². The number of hydrazine groups is 2. The van der Waals surface area contributed by atoms with E-state index in [-0.39, 0.29) is 52.0 Å². The molecule has 2 fully saturated rings. The molecule has 0 radical (unpaired) electrons. The third-order valence-corrected chi connectivity index (χ3v) is 18.4. The van der Waals surface area contributed by atoms with Gasteiger partial charge in [-0.2, -0.15) is 0 Å². The zero-order valence-electron chi connectivity index (χ0n) is 44.4. The van der Waals surface area contributed by atoms with E-state index in [1.54, 1.807) is 17.1 Å². The van der Waals surface area contributed by atoms with Crippen molar-refractivity contribution in [1.82, 2.24) is 20.0 Å². The molecule has 72 heavy (non-hydrogen) atoms. The number of carbonyl (C=O) groups excluding carboxylic acids is 4. The van der Waals surface area contributed by atoms with Crippen molar-refractivity contribution in [2.75, 3.05) is 53.6 Å². The quantitative estimate of drug-likeness (QED) is 0.0471. The second-order valence-electron chi connectivity index (χ2n) is 18.5. The first kappa shape index (κ1) is 58.9. The summed E-state index contributed by atoms with van der Waals surface area (Å²) in [6, 6.07) is 3.27. The van der Waals surface area contributed by atoms with Crippen molar-refractivity contribution in [3.63, 3.8) is 0 Å². The van der Waals surface area contributed by atoms with Crippen LogP contribution in [0.25, 0.3) is 0 Å². The van der Waals surface area contributed by atoms with Crippen LogP contribution in [0.3, 0.4) is 0 Å². The van der Waals surface area contributed by atoms with Gasteiger partial charge in [0.1, 0.15) is 22.6 Å². The molecule has 2 saturated heterocycles. The molecule has 4 aliphatic rings. The second kappa shape index (κ2) is 29.2. The number of benzene rings is 2. The Hall–Kier alpha value is -4.00. The molecule has 2 unspecified atom stereocenters. The summed E-state index contributed by atoms with van der Waals surface area (Å²) >= 11 is 5.18. The minimum atomic E-state index is -0.316. The van der Waals surface area contributed by atoms with Crippen molar-refractivity contribution < 1.29 is 48.3 Å². The molecule has 0 saturated carbocycles. The summed E-state index contributed by atoms with van der Waals surface area (Å²) in [5.41, 5.74) is 0.374. The molecule has 0 bridgehead atoms. The molecule has 14 nitrogen and oxygen atoms in total. The van der Waals surface area contributed by atoms with E-state index in [1.807, 2.05) is 19.9 Å². The number of phenolic OH excluding ortho intramolecular Hbond substituents is 2. The number of hydrogen-bond acceptors (Lipinski definition) is 14. The lowest BCUT2D eigenvalue weighted by molar-refractivity contribution is -0.147. The number of hydrogen-bond donors (Lipinski definition) is 2. The van der Waals surface area contributed by atoms with E-state index in [4.69, 9.17) is 18.9 Å². The zero-order chi connectivity index (χ0) is 52.5.